The zero-order valence-corrected chi connectivity index (χ0v) is 9.75. The van der Waals surface area contributed by atoms with E-state index < -0.39 is 5.60 Å². The van der Waals surface area contributed by atoms with Gasteiger partial charge in [-0.25, -0.2) is 0 Å². The predicted molar refractivity (Wildman–Crippen MR) is 59.6 cm³/mol. The van der Waals surface area contributed by atoms with Crippen LogP contribution in [-0.4, -0.2) is 47.7 Å². The maximum Gasteiger partial charge on any atom is 0.221 e. The first-order valence-corrected chi connectivity index (χ1v) is 5.75. The van der Waals surface area contributed by atoms with Crippen molar-refractivity contribution >= 4 is 5.91 Å². The number of carbonyl (C=O) groups is 1. The summed E-state index contributed by atoms with van der Waals surface area (Å²) in [6.07, 6.45) is 2.18. The monoisotopic (exact) mass is 214 g/mol. The number of hydrogen-bond donors (Lipinski definition) is 2. The first kappa shape index (κ1) is 12.5. The standard InChI is InChI=1S/C11H22N2O2/c1-3-12-10(14)4-7-13-8-5-11(2,15)6-9-13/h15H,3-9H2,1-2H3,(H,12,14). The molecule has 0 bridgehead atoms. The Kier molecular flexibility index (Phi) is 4.54. The van der Waals surface area contributed by atoms with Crippen LogP contribution in [0.25, 0.3) is 0 Å². The summed E-state index contributed by atoms with van der Waals surface area (Å²) in [5.41, 5.74) is -0.498. The Morgan fingerprint density at radius 2 is 2.07 bits per heavy atom. The van der Waals surface area contributed by atoms with Crippen molar-refractivity contribution < 1.29 is 9.90 Å². The van der Waals surface area contributed by atoms with Gasteiger partial charge in [0.25, 0.3) is 0 Å². The largest absolute Gasteiger partial charge is 0.390 e. The third-order valence-electron chi connectivity index (χ3n) is 2.96. The Morgan fingerprint density at radius 1 is 1.47 bits per heavy atom. The van der Waals surface area contributed by atoms with E-state index >= 15 is 0 Å². The van der Waals surface area contributed by atoms with Crippen molar-refractivity contribution in [3.8, 4) is 0 Å². The van der Waals surface area contributed by atoms with E-state index in [4.69, 9.17) is 0 Å². The second-order valence-electron chi connectivity index (χ2n) is 4.54. The van der Waals surface area contributed by atoms with Gasteiger partial charge in [0.15, 0.2) is 0 Å². The van der Waals surface area contributed by atoms with E-state index in [2.05, 4.69) is 10.2 Å². The molecule has 4 nitrogen and oxygen atoms in total. The minimum absolute atomic E-state index is 0.120. The van der Waals surface area contributed by atoms with E-state index in [0.29, 0.717) is 13.0 Å². The second kappa shape index (κ2) is 5.47. The maximum absolute atomic E-state index is 11.2. The molecule has 0 unspecified atom stereocenters. The van der Waals surface area contributed by atoms with Crippen molar-refractivity contribution in [3.05, 3.63) is 0 Å². The van der Waals surface area contributed by atoms with E-state index in [1.54, 1.807) is 0 Å². The normalized spacial score (nSPS) is 21.3. The van der Waals surface area contributed by atoms with Gasteiger partial charge in [0.05, 0.1) is 5.60 Å². The number of hydrogen-bond acceptors (Lipinski definition) is 3. The molecule has 1 aliphatic rings. The first-order chi connectivity index (χ1) is 7.03. The van der Waals surface area contributed by atoms with Crippen molar-refractivity contribution in [1.29, 1.82) is 0 Å². The summed E-state index contributed by atoms with van der Waals surface area (Å²) in [5.74, 6) is 0.120. The number of aliphatic hydroxyl groups is 1. The predicted octanol–water partition coefficient (Wildman–Crippen LogP) is 0.359. The molecule has 1 fully saturated rings. The fraction of sp³-hybridized carbons (Fsp3) is 0.909. The van der Waals surface area contributed by atoms with Gasteiger partial charge in [-0.3, -0.25) is 4.79 Å². The number of carbonyl (C=O) groups excluding carboxylic acids is 1. The van der Waals surface area contributed by atoms with Gasteiger partial charge in [0, 0.05) is 32.6 Å². The van der Waals surface area contributed by atoms with Crippen LogP contribution in [0.15, 0.2) is 0 Å². The number of nitrogens with zero attached hydrogens (tertiary/aromatic N) is 1. The molecule has 0 aliphatic carbocycles. The highest BCUT2D eigenvalue weighted by atomic mass is 16.3. The molecule has 1 aliphatic heterocycles. The molecule has 0 atom stereocenters. The number of likely N-dealkylation sites (tertiary alicyclic amines) is 1. The molecule has 0 spiro atoms. The first-order valence-electron chi connectivity index (χ1n) is 5.75. The van der Waals surface area contributed by atoms with Crippen LogP contribution in [0.1, 0.15) is 33.1 Å². The van der Waals surface area contributed by atoms with E-state index in [-0.39, 0.29) is 5.91 Å². The molecule has 1 heterocycles. The summed E-state index contributed by atoms with van der Waals surface area (Å²) < 4.78 is 0. The molecule has 1 rings (SSSR count). The third-order valence-corrected chi connectivity index (χ3v) is 2.96. The molecular weight excluding hydrogens is 192 g/mol. The maximum atomic E-state index is 11.2. The molecule has 0 radical (unpaired) electrons. The van der Waals surface area contributed by atoms with Gasteiger partial charge >= 0.3 is 0 Å². The lowest BCUT2D eigenvalue weighted by Gasteiger charge is -2.35. The lowest BCUT2D eigenvalue weighted by atomic mass is 9.94. The highest BCUT2D eigenvalue weighted by Gasteiger charge is 2.26. The van der Waals surface area contributed by atoms with Crippen LogP contribution in [0.3, 0.4) is 0 Å². The summed E-state index contributed by atoms with van der Waals surface area (Å²) in [6.45, 7) is 7.11. The quantitative estimate of drug-likeness (QED) is 0.710. The average molecular weight is 214 g/mol. The van der Waals surface area contributed by atoms with Crippen LogP contribution >= 0.6 is 0 Å². The second-order valence-corrected chi connectivity index (χ2v) is 4.54. The molecule has 0 aromatic carbocycles. The van der Waals surface area contributed by atoms with Crippen molar-refractivity contribution in [2.75, 3.05) is 26.2 Å². The van der Waals surface area contributed by atoms with Crippen molar-refractivity contribution in [3.63, 3.8) is 0 Å². The molecule has 88 valence electrons. The van der Waals surface area contributed by atoms with Crippen LogP contribution in [-0.2, 0) is 4.79 Å². The Bertz CT molecular complexity index is 207. The smallest absolute Gasteiger partial charge is 0.221 e. The Morgan fingerprint density at radius 3 is 2.60 bits per heavy atom. The van der Waals surface area contributed by atoms with Crippen molar-refractivity contribution in [1.82, 2.24) is 10.2 Å². The van der Waals surface area contributed by atoms with Gasteiger partial charge in [-0.05, 0) is 26.7 Å². The van der Waals surface area contributed by atoms with Gasteiger partial charge in [-0.15, -0.1) is 0 Å². The molecule has 15 heavy (non-hydrogen) atoms. The van der Waals surface area contributed by atoms with Gasteiger partial charge in [-0.2, -0.15) is 0 Å². The SMILES string of the molecule is CCNC(=O)CCN1CCC(C)(O)CC1. The summed E-state index contributed by atoms with van der Waals surface area (Å²) in [6, 6.07) is 0. The zero-order valence-electron chi connectivity index (χ0n) is 9.75. The van der Waals surface area contributed by atoms with Gasteiger partial charge < -0.3 is 15.3 Å². The van der Waals surface area contributed by atoms with Crippen molar-refractivity contribution in [2.24, 2.45) is 0 Å². The van der Waals surface area contributed by atoms with Crippen LogP contribution in [0.2, 0.25) is 0 Å². The van der Waals surface area contributed by atoms with E-state index in [1.807, 2.05) is 13.8 Å². The molecule has 4 heteroatoms. The van der Waals surface area contributed by atoms with Crippen LogP contribution in [0, 0.1) is 0 Å². The fourth-order valence-corrected chi connectivity index (χ4v) is 1.80. The minimum Gasteiger partial charge on any atom is -0.390 e. The molecule has 0 aromatic rings. The number of nitrogens with one attached hydrogen (secondary N) is 1. The van der Waals surface area contributed by atoms with Gasteiger partial charge in [0.2, 0.25) is 5.91 Å². The molecule has 1 amide bonds. The highest BCUT2D eigenvalue weighted by molar-refractivity contribution is 5.75. The number of rotatable bonds is 4. The van der Waals surface area contributed by atoms with Crippen LogP contribution < -0.4 is 5.32 Å². The molecule has 1 saturated heterocycles. The molecule has 0 aromatic heterocycles. The van der Waals surface area contributed by atoms with Crippen molar-refractivity contribution in [2.45, 2.75) is 38.7 Å². The summed E-state index contributed by atoms with van der Waals surface area (Å²) >= 11 is 0. The third kappa shape index (κ3) is 4.62. The average Bonchev–Trinajstić information content (AvgIpc) is 2.17. The number of amides is 1. The van der Waals surface area contributed by atoms with E-state index in [9.17, 15) is 9.90 Å². The lowest BCUT2D eigenvalue weighted by Crippen LogP contribution is -2.43. The Balaban J connectivity index is 2.16. The highest BCUT2D eigenvalue weighted by Crippen LogP contribution is 2.20. The topological polar surface area (TPSA) is 52.6 Å². The van der Waals surface area contributed by atoms with Crippen LogP contribution in [0.5, 0.6) is 0 Å². The van der Waals surface area contributed by atoms with Gasteiger partial charge in [-0.1, -0.05) is 0 Å². The van der Waals surface area contributed by atoms with Crippen LogP contribution in [0.4, 0.5) is 0 Å². The summed E-state index contributed by atoms with van der Waals surface area (Å²) in [5, 5.41) is 12.5. The number of piperidine rings is 1. The van der Waals surface area contributed by atoms with Gasteiger partial charge in [0.1, 0.15) is 0 Å². The summed E-state index contributed by atoms with van der Waals surface area (Å²) in [4.78, 5) is 13.5. The Labute approximate surface area is 91.6 Å². The fourth-order valence-electron chi connectivity index (χ4n) is 1.80. The lowest BCUT2D eigenvalue weighted by molar-refractivity contribution is -0.121. The van der Waals surface area contributed by atoms with E-state index in [0.717, 1.165) is 32.5 Å². The molecule has 0 saturated carbocycles. The zero-order chi connectivity index (χ0) is 11.3. The van der Waals surface area contributed by atoms with E-state index in [1.165, 1.54) is 0 Å². The molecular formula is C11H22N2O2. The minimum atomic E-state index is -0.498. The Hall–Kier alpha value is -0.610. The molecule has 2 N–H and O–H groups in total. The summed E-state index contributed by atoms with van der Waals surface area (Å²) in [7, 11) is 0.